The van der Waals surface area contributed by atoms with Gasteiger partial charge in [0.05, 0.1) is 21.4 Å². The predicted molar refractivity (Wildman–Crippen MR) is 116 cm³/mol. The van der Waals surface area contributed by atoms with Gasteiger partial charge in [-0.1, -0.05) is 6.07 Å². The van der Waals surface area contributed by atoms with Crippen LogP contribution in [0.1, 0.15) is 41.7 Å². The first-order valence-corrected chi connectivity index (χ1v) is 12.1. The van der Waals surface area contributed by atoms with Crippen LogP contribution in [-0.2, 0) is 16.0 Å². The van der Waals surface area contributed by atoms with E-state index in [1.165, 1.54) is 24.3 Å². The second-order valence-corrected chi connectivity index (χ2v) is 10.4. The number of hydrogen-bond donors (Lipinski definition) is 2. The molecule has 0 atom stereocenters. The van der Waals surface area contributed by atoms with Crippen molar-refractivity contribution in [2.45, 2.75) is 48.0 Å². The monoisotopic (exact) mass is 495 g/mol. The van der Waals surface area contributed by atoms with Crippen LogP contribution >= 0.6 is 0 Å². The highest BCUT2D eigenvalue weighted by Crippen LogP contribution is 2.34. The van der Waals surface area contributed by atoms with Gasteiger partial charge in [0.25, 0.3) is 5.91 Å². The van der Waals surface area contributed by atoms with E-state index in [9.17, 15) is 30.8 Å². The molecule has 0 spiro atoms. The summed E-state index contributed by atoms with van der Waals surface area (Å²) < 4.78 is 77.8. The van der Waals surface area contributed by atoms with E-state index in [1.54, 1.807) is 12.1 Å². The van der Waals surface area contributed by atoms with Gasteiger partial charge >= 0.3 is 6.18 Å². The van der Waals surface area contributed by atoms with Crippen LogP contribution in [0, 0.1) is 5.82 Å². The number of aromatic nitrogens is 2. The van der Waals surface area contributed by atoms with Crippen LogP contribution in [0.25, 0.3) is 11.3 Å². The lowest BCUT2D eigenvalue weighted by atomic mass is 9.95. The van der Waals surface area contributed by atoms with Gasteiger partial charge in [-0.15, -0.1) is 0 Å². The van der Waals surface area contributed by atoms with Gasteiger partial charge in [0, 0.05) is 11.6 Å². The zero-order valence-corrected chi connectivity index (χ0v) is 18.6. The Kier molecular flexibility index (Phi) is 6.48. The Morgan fingerprint density at radius 2 is 1.68 bits per heavy atom. The molecule has 6 nitrogen and oxygen atoms in total. The Bertz CT molecular complexity index is 1280. The van der Waals surface area contributed by atoms with Crippen LogP contribution in [0.3, 0.4) is 0 Å². The van der Waals surface area contributed by atoms with Crippen molar-refractivity contribution in [1.29, 1.82) is 0 Å². The molecule has 2 aromatic carbocycles. The minimum absolute atomic E-state index is 0.207. The Labute approximate surface area is 193 Å². The Morgan fingerprint density at radius 1 is 1.00 bits per heavy atom. The molecular weight excluding hydrogens is 474 g/mol. The maximum absolute atomic E-state index is 13.1. The molecule has 2 N–H and O–H groups in total. The molecule has 0 bridgehead atoms. The number of carbonyl (C=O) groups excluding carboxylic acids is 1. The average molecular weight is 495 g/mol. The van der Waals surface area contributed by atoms with E-state index in [0.29, 0.717) is 30.2 Å². The average Bonchev–Trinajstić information content (AvgIpc) is 3.30. The lowest BCUT2D eigenvalue weighted by molar-refractivity contribution is -0.137. The van der Waals surface area contributed by atoms with E-state index in [1.807, 2.05) is 0 Å². The normalized spacial score (nSPS) is 19.1. The number of rotatable bonds is 5. The van der Waals surface area contributed by atoms with Gasteiger partial charge < -0.3 is 5.32 Å². The quantitative estimate of drug-likeness (QED) is 0.500. The van der Waals surface area contributed by atoms with Gasteiger partial charge in [-0.2, -0.15) is 18.3 Å². The molecule has 1 aliphatic carbocycles. The van der Waals surface area contributed by atoms with E-state index in [0.717, 1.165) is 12.1 Å². The molecule has 1 saturated carbocycles. The molecule has 0 aliphatic heterocycles. The highest BCUT2D eigenvalue weighted by Gasteiger charge is 2.35. The van der Waals surface area contributed by atoms with Crippen molar-refractivity contribution in [2.75, 3.05) is 0 Å². The Hall–Kier alpha value is -3.21. The van der Waals surface area contributed by atoms with Gasteiger partial charge in [0.2, 0.25) is 0 Å². The van der Waals surface area contributed by atoms with Gasteiger partial charge in [-0.3, -0.25) is 9.89 Å². The molecule has 4 rings (SSSR count). The van der Waals surface area contributed by atoms with E-state index in [4.69, 9.17) is 0 Å². The minimum Gasteiger partial charge on any atom is -0.348 e. The van der Waals surface area contributed by atoms with Crippen molar-refractivity contribution in [3.63, 3.8) is 0 Å². The summed E-state index contributed by atoms with van der Waals surface area (Å²) in [4.78, 5) is 12.2. The Morgan fingerprint density at radius 3 is 2.32 bits per heavy atom. The first-order chi connectivity index (χ1) is 16.0. The molecule has 3 aromatic rings. The summed E-state index contributed by atoms with van der Waals surface area (Å²) in [6.07, 6.45) is -3.46. The van der Waals surface area contributed by atoms with Crippen molar-refractivity contribution >= 4 is 15.7 Å². The van der Waals surface area contributed by atoms with Crippen LogP contribution in [0.15, 0.2) is 59.5 Å². The third-order valence-electron chi connectivity index (χ3n) is 5.90. The number of sulfone groups is 1. The SMILES string of the molecule is O=C(N[C@H]1CC[C@@H](S(=O)(=O)c2cccc(C(F)(F)F)c2)CC1)c1cc(-c2ccc(F)cc2)n[nH]1. The molecule has 1 aromatic heterocycles. The van der Waals surface area contributed by atoms with Gasteiger partial charge in [0.15, 0.2) is 9.84 Å². The third kappa shape index (κ3) is 5.14. The number of H-pyrrole nitrogens is 1. The van der Waals surface area contributed by atoms with Crippen LogP contribution < -0.4 is 5.32 Å². The van der Waals surface area contributed by atoms with Gasteiger partial charge in [0.1, 0.15) is 11.5 Å². The Balaban J connectivity index is 1.37. The van der Waals surface area contributed by atoms with Gasteiger partial charge in [-0.25, -0.2) is 12.8 Å². The number of hydrogen-bond acceptors (Lipinski definition) is 4. The maximum atomic E-state index is 13.1. The van der Waals surface area contributed by atoms with Crippen molar-refractivity contribution in [1.82, 2.24) is 15.5 Å². The van der Waals surface area contributed by atoms with Crippen LogP contribution in [0.5, 0.6) is 0 Å². The zero-order valence-electron chi connectivity index (χ0n) is 17.8. The fraction of sp³-hybridized carbons (Fsp3) is 0.304. The van der Waals surface area contributed by atoms with Gasteiger partial charge in [-0.05, 0) is 74.2 Å². The number of benzene rings is 2. The highest BCUT2D eigenvalue weighted by atomic mass is 32.2. The molecular formula is C23H21F4N3O3S. The summed E-state index contributed by atoms with van der Waals surface area (Å²) in [5.41, 5.74) is 0.310. The number of nitrogens with one attached hydrogen (secondary N) is 2. The molecule has 1 aliphatic rings. The zero-order chi connectivity index (χ0) is 24.5. The van der Waals surface area contributed by atoms with Crippen LogP contribution in [0.4, 0.5) is 17.6 Å². The molecule has 1 amide bonds. The van der Waals surface area contributed by atoms with Crippen molar-refractivity contribution in [3.05, 3.63) is 71.7 Å². The molecule has 0 saturated heterocycles. The molecule has 180 valence electrons. The molecule has 0 radical (unpaired) electrons. The number of carbonyl (C=O) groups is 1. The predicted octanol–water partition coefficient (Wildman–Crippen LogP) is 4.75. The second kappa shape index (κ2) is 9.21. The standard InChI is InChI=1S/C23H21F4N3O3S/c24-16-6-4-14(5-7-16)20-13-21(30-29-20)22(31)28-17-8-10-18(11-9-17)34(32,33)19-3-1-2-15(12-19)23(25,26)27/h1-7,12-13,17-18H,8-11H2,(H,28,31)(H,29,30)/t17-,18+. The smallest absolute Gasteiger partial charge is 0.348 e. The molecule has 11 heteroatoms. The summed E-state index contributed by atoms with van der Waals surface area (Å²) in [5.74, 6) is -0.798. The largest absolute Gasteiger partial charge is 0.416 e. The number of aromatic amines is 1. The fourth-order valence-corrected chi connectivity index (χ4v) is 5.87. The molecule has 1 heterocycles. The lowest BCUT2D eigenvalue weighted by Crippen LogP contribution is -2.40. The number of nitrogens with zero attached hydrogens (tertiary/aromatic N) is 1. The number of halogens is 4. The summed E-state index contributed by atoms with van der Waals surface area (Å²) in [7, 11) is -3.93. The highest BCUT2D eigenvalue weighted by molar-refractivity contribution is 7.92. The maximum Gasteiger partial charge on any atom is 0.416 e. The summed E-state index contributed by atoms with van der Waals surface area (Å²) in [6, 6.07) is 10.7. The molecule has 34 heavy (non-hydrogen) atoms. The van der Waals surface area contributed by atoms with Crippen molar-refractivity contribution in [2.24, 2.45) is 0 Å². The third-order valence-corrected chi connectivity index (χ3v) is 8.16. The fourth-order valence-electron chi connectivity index (χ4n) is 4.03. The van der Waals surface area contributed by atoms with E-state index >= 15 is 0 Å². The number of amides is 1. The van der Waals surface area contributed by atoms with Crippen LogP contribution in [-0.4, -0.2) is 35.8 Å². The van der Waals surface area contributed by atoms with E-state index < -0.39 is 32.7 Å². The first kappa shape index (κ1) is 23.9. The summed E-state index contributed by atoms with van der Waals surface area (Å²) in [6.45, 7) is 0. The molecule has 0 unspecified atom stereocenters. The van der Waals surface area contributed by atoms with Crippen molar-refractivity contribution < 1.29 is 30.8 Å². The van der Waals surface area contributed by atoms with Crippen LogP contribution in [0.2, 0.25) is 0 Å². The van der Waals surface area contributed by atoms with E-state index in [-0.39, 0.29) is 35.3 Å². The number of alkyl halides is 3. The molecule has 1 fully saturated rings. The van der Waals surface area contributed by atoms with Crippen molar-refractivity contribution in [3.8, 4) is 11.3 Å². The van der Waals surface area contributed by atoms with E-state index in [2.05, 4.69) is 15.5 Å². The summed E-state index contributed by atoms with van der Waals surface area (Å²) >= 11 is 0. The second-order valence-electron chi connectivity index (χ2n) is 8.19. The lowest BCUT2D eigenvalue weighted by Gasteiger charge is -2.29. The topological polar surface area (TPSA) is 91.9 Å². The first-order valence-electron chi connectivity index (χ1n) is 10.6. The summed E-state index contributed by atoms with van der Waals surface area (Å²) in [5, 5.41) is 8.72. The minimum atomic E-state index is -4.63.